The number of aromatic nitrogens is 2. The molecule has 4 rings (SSSR count). The fraction of sp³-hybridized carbons (Fsp3) is 0.174. The number of para-hydroxylation sites is 1. The molecule has 0 saturated carbocycles. The van der Waals surface area contributed by atoms with E-state index in [1.165, 1.54) is 24.2 Å². The van der Waals surface area contributed by atoms with Gasteiger partial charge in [-0.25, -0.2) is 18.7 Å². The van der Waals surface area contributed by atoms with Crippen molar-refractivity contribution in [2.75, 3.05) is 41.3 Å². The number of amides is 1. The van der Waals surface area contributed by atoms with Crippen molar-refractivity contribution in [2.45, 2.75) is 0 Å². The van der Waals surface area contributed by atoms with Gasteiger partial charge < -0.3 is 15.1 Å². The summed E-state index contributed by atoms with van der Waals surface area (Å²) >= 11 is 0. The zero-order valence-electron chi connectivity index (χ0n) is 16.7. The van der Waals surface area contributed by atoms with Gasteiger partial charge in [-0.1, -0.05) is 18.2 Å². The molecule has 6 nitrogen and oxygen atoms in total. The second-order valence-electron chi connectivity index (χ2n) is 7.07. The summed E-state index contributed by atoms with van der Waals surface area (Å²) in [6.07, 6.45) is 5.41. The van der Waals surface area contributed by atoms with Gasteiger partial charge in [-0.3, -0.25) is 4.79 Å². The minimum absolute atomic E-state index is 0.00334. The number of piperazine rings is 1. The van der Waals surface area contributed by atoms with Crippen LogP contribution < -0.4 is 15.1 Å². The van der Waals surface area contributed by atoms with E-state index in [0.717, 1.165) is 50.5 Å². The zero-order chi connectivity index (χ0) is 21.6. The van der Waals surface area contributed by atoms with E-state index in [1.807, 2.05) is 18.2 Å². The Morgan fingerprint density at radius 3 is 2.32 bits per heavy atom. The molecule has 0 unspecified atom stereocenters. The molecule has 1 aromatic heterocycles. The van der Waals surface area contributed by atoms with E-state index < -0.39 is 17.5 Å². The fourth-order valence-corrected chi connectivity index (χ4v) is 3.34. The molecule has 3 aromatic rings. The van der Waals surface area contributed by atoms with Crippen LogP contribution >= 0.6 is 0 Å². The highest BCUT2D eigenvalue weighted by atomic mass is 19.1. The number of carbonyl (C=O) groups excluding carboxylic acids is 1. The number of nitrogens with zero attached hydrogens (tertiary/aromatic N) is 4. The summed E-state index contributed by atoms with van der Waals surface area (Å²) in [4.78, 5) is 25.2. The summed E-state index contributed by atoms with van der Waals surface area (Å²) in [7, 11) is 0. The van der Waals surface area contributed by atoms with Crippen molar-refractivity contribution in [1.82, 2.24) is 9.97 Å². The van der Waals surface area contributed by atoms with Crippen LogP contribution in [0.1, 0.15) is 5.56 Å². The second-order valence-corrected chi connectivity index (χ2v) is 7.07. The topological polar surface area (TPSA) is 61.4 Å². The summed E-state index contributed by atoms with van der Waals surface area (Å²) in [5.41, 5.74) is 1.62. The molecule has 2 heterocycles. The maximum absolute atomic E-state index is 13.6. The second kappa shape index (κ2) is 9.34. The van der Waals surface area contributed by atoms with Crippen molar-refractivity contribution in [3.63, 3.8) is 0 Å². The van der Waals surface area contributed by atoms with Crippen LogP contribution in [0.5, 0.6) is 0 Å². The molecule has 0 bridgehead atoms. The molecule has 0 atom stereocenters. The van der Waals surface area contributed by atoms with Crippen molar-refractivity contribution < 1.29 is 13.6 Å². The molecule has 31 heavy (non-hydrogen) atoms. The Bertz CT molecular complexity index is 1070. The minimum Gasteiger partial charge on any atom is -0.368 e. The Balaban J connectivity index is 1.32. The molecule has 1 amide bonds. The van der Waals surface area contributed by atoms with Crippen LogP contribution in [0.15, 0.2) is 67.0 Å². The molecule has 0 radical (unpaired) electrons. The van der Waals surface area contributed by atoms with E-state index >= 15 is 0 Å². The smallest absolute Gasteiger partial charge is 0.248 e. The standard InChI is InChI=1S/C23H21F2N5O/c24-18-7-8-21(25)17(14-18)6-9-22(31)28-19-15-26-23(27-16-19)30-12-10-29(11-13-30)20-4-2-1-3-5-20/h1-9,14-16H,10-13H2,(H,28,31)/b9-6+. The third-order valence-corrected chi connectivity index (χ3v) is 4.96. The molecule has 1 aliphatic rings. The summed E-state index contributed by atoms with van der Waals surface area (Å²) in [5.74, 6) is -1.07. The third kappa shape index (κ3) is 5.22. The highest BCUT2D eigenvalue weighted by molar-refractivity contribution is 6.01. The van der Waals surface area contributed by atoms with Crippen molar-refractivity contribution in [1.29, 1.82) is 0 Å². The maximum Gasteiger partial charge on any atom is 0.248 e. The Morgan fingerprint density at radius 2 is 1.61 bits per heavy atom. The first-order valence-corrected chi connectivity index (χ1v) is 9.89. The Kier molecular flexibility index (Phi) is 6.16. The van der Waals surface area contributed by atoms with Crippen molar-refractivity contribution >= 4 is 29.3 Å². The van der Waals surface area contributed by atoms with Gasteiger partial charge in [0.05, 0.1) is 18.1 Å². The molecule has 0 spiro atoms. The number of rotatable bonds is 5. The molecule has 8 heteroatoms. The van der Waals surface area contributed by atoms with Gasteiger partial charge in [-0.15, -0.1) is 0 Å². The van der Waals surface area contributed by atoms with Gasteiger partial charge >= 0.3 is 0 Å². The van der Waals surface area contributed by atoms with Gasteiger partial charge in [0.25, 0.3) is 0 Å². The lowest BCUT2D eigenvalue weighted by atomic mass is 10.2. The molecule has 2 aromatic carbocycles. The molecule has 1 aliphatic heterocycles. The first kappa shape index (κ1) is 20.5. The van der Waals surface area contributed by atoms with Gasteiger partial charge in [-0.05, 0) is 36.4 Å². The highest BCUT2D eigenvalue weighted by Gasteiger charge is 2.19. The third-order valence-electron chi connectivity index (χ3n) is 4.96. The number of hydrogen-bond acceptors (Lipinski definition) is 5. The average molecular weight is 421 g/mol. The van der Waals surface area contributed by atoms with Crippen LogP contribution in [-0.4, -0.2) is 42.1 Å². The summed E-state index contributed by atoms with van der Waals surface area (Å²) in [6, 6.07) is 13.3. The number of nitrogens with one attached hydrogen (secondary N) is 1. The Hall–Kier alpha value is -3.81. The first-order valence-electron chi connectivity index (χ1n) is 9.89. The highest BCUT2D eigenvalue weighted by Crippen LogP contribution is 2.18. The number of carbonyl (C=O) groups is 1. The fourth-order valence-electron chi connectivity index (χ4n) is 3.34. The lowest BCUT2D eigenvalue weighted by molar-refractivity contribution is -0.111. The monoisotopic (exact) mass is 421 g/mol. The molecular formula is C23H21F2N5O. The van der Waals surface area contributed by atoms with E-state index in [9.17, 15) is 13.6 Å². The molecular weight excluding hydrogens is 400 g/mol. The van der Waals surface area contributed by atoms with Gasteiger partial charge in [0.2, 0.25) is 11.9 Å². The number of halogens is 2. The van der Waals surface area contributed by atoms with E-state index in [-0.39, 0.29) is 5.56 Å². The maximum atomic E-state index is 13.6. The molecule has 158 valence electrons. The van der Waals surface area contributed by atoms with Crippen LogP contribution in [0.4, 0.5) is 26.1 Å². The predicted molar refractivity (Wildman–Crippen MR) is 117 cm³/mol. The van der Waals surface area contributed by atoms with Crippen LogP contribution in [0, 0.1) is 11.6 Å². The van der Waals surface area contributed by atoms with Gasteiger partial charge in [0.1, 0.15) is 11.6 Å². The Labute approximate surface area is 178 Å². The van der Waals surface area contributed by atoms with Gasteiger partial charge in [0, 0.05) is 43.5 Å². The average Bonchev–Trinajstić information content (AvgIpc) is 2.81. The van der Waals surface area contributed by atoms with Crippen LogP contribution in [-0.2, 0) is 4.79 Å². The molecule has 0 aliphatic carbocycles. The van der Waals surface area contributed by atoms with Crippen molar-refractivity contribution in [3.8, 4) is 0 Å². The summed E-state index contributed by atoms with van der Waals surface area (Å²) in [6.45, 7) is 3.33. The largest absolute Gasteiger partial charge is 0.368 e. The van der Waals surface area contributed by atoms with Gasteiger partial charge in [0.15, 0.2) is 0 Å². The number of hydrogen-bond donors (Lipinski definition) is 1. The summed E-state index contributed by atoms with van der Waals surface area (Å²) < 4.78 is 26.8. The number of anilines is 3. The van der Waals surface area contributed by atoms with Crippen molar-refractivity contribution in [2.24, 2.45) is 0 Å². The van der Waals surface area contributed by atoms with E-state index in [1.54, 1.807) is 0 Å². The van der Waals surface area contributed by atoms with Crippen LogP contribution in [0.2, 0.25) is 0 Å². The molecule has 1 N–H and O–H groups in total. The lowest BCUT2D eigenvalue weighted by Crippen LogP contribution is -2.47. The van der Waals surface area contributed by atoms with Gasteiger partial charge in [-0.2, -0.15) is 0 Å². The molecule has 1 saturated heterocycles. The minimum atomic E-state index is -0.606. The van der Waals surface area contributed by atoms with E-state index in [4.69, 9.17) is 0 Å². The predicted octanol–water partition coefficient (Wildman–Crippen LogP) is 3.73. The van der Waals surface area contributed by atoms with E-state index in [2.05, 4.69) is 37.2 Å². The number of benzene rings is 2. The van der Waals surface area contributed by atoms with Crippen LogP contribution in [0.25, 0.3) is 6.08 Å². The quantitative estimate of drug-likeness (QED) is 0.636. The lowest BCUT2D eigenvalue weighted by Gasteiger charge is -2.36. The van der Waals surface area contributed by atoms with Crippen molar-refractivity contribution in [3.05, 3.63) is 84.2 Å². The zero-order valence-corrected chi connectivity index (χ0v) is 16.7. The summed E-state index contributed by atoms with van der Waals surface area (Å²) in [5, 5.41) is 2.61. The normalized spacial score (nSPS) is 14.1. The first-order chi connectivity index (χ1) is 15.1. The van der Waals surface area contributed by atoms with Crippen LogP contribution in [0.3, 0.4) is 0 Å². The van der Waals surface area contributed by atoms with E-state index in [0.29, 0.717) is 11.6 Å². The molecule has 1 fully saturated rings. The SMILES string of the molecule is O=C(/C=C/c1cc(F)ccc1F)Nc1cnc(N2CCN(c3ccccc3)CC2)nc1. The Morgan fingerprint density at radius 1 is 0.935 bits per heavy atom.